The zero-order valence-electron chi connectivity index (χ0n) is 6.42. The SMILES string of the molecule is O=C(O)[C@H]1CC[C@H]2CNC[C@H]21. The number of hydrogen-bond acceptors (Lipinski definition) is 2. The van der Waals surface area contributed by atoms with Crippen LogP contribution in [0.2, 0.25) is 0 Å². The van der Waals surface area contributed by atoms with Crippen molar-refractivity contribution in [1.82, 2.24) is 5.32 Å². The van der Waals surface area contributed by atoms with E-state index in [9.17, 15) is 4.79 Å². The van der Waals surface area contributed by atoms with Gasteiger partial charge in [0.1, 0.15) is 0 Å². The van der Waals surface area contributed by atoms with E-state index in [-0.39, 0.29) is 5.92 Å². The van der Waals surface area contributed by atoms with Crippen molar-refractivity contribution in [3.8, 4) is 0 Å². The lowest BCUT2D eigenvalue weighted by molar-refractivity contribution is -0.142. The van der Waals surface area contributed by atoms with Crippen molar-refractivity contribution < 1.29 is 9.90 Å². The molecule has 0 aromatic rings. The second-order valence-corrected chi connectivity index (χ2v) is 3.60. The molecule has 0 aromatic carbocycles. The van der Waals surface area contributed by atoms with Crippen molar-refractivity contribution in [1.29, 1.82) is 0 Å². The minimum absolute atomic E-state index is 0.0602. The summed E-state index contributed by atoms with van der Waals surface area (Å²) in [5, 5.41) is 12.1. The third-order valence-corrected chi connectivity index (χ3v) is 3.07. The van der Waals surface area contributed by atoms with Gasteiger partial charge in [-0.25, -0.2) is 0 Å². The van der Waals surface area contributed by atoms with Crippen molar-refractivity contribution in [3.63, 3.8) is 0 Å². The van der Waals surface area contributed by atoms with Crippen LogP contribution in [0.1, 0.15) is 12.8 Å². The summed E-state index contributed by atoms with van der Waals surface area (Å²) in [7, 11) is 0. The first-order chi connectivity index (χ1) is 5.29. The summed E-state index contributed by atoms with van der Waals surface area (Å²) >= 11 is 0. The van der Waals surface area contributed by atoms with Gasteiger partial charge in [0.15, 0.2) is 0 Å². The largest absolute Gasteiger partial charge is 0.481 e. The molecule has 1 saturated carbocycles. The van der Waals surface area contributed by atoms with E-state index in [4.69, 9.17) is 5.11 Å². The number of fused-ring (bicyclic) bond motifs is 1. The summed E-state index contributed by atoms with van der Waals surface area (Å²) in [6.45, 7) is 1.95. The third-order valence-electron chi connectivity index (χ3n) is 3.07. The summed E-state index contributed by atoms with van der Waals surface area (Å²) in [5.74, 6) is 0.416. The van der Waals surface area contributed by atoms with Crippen LogP contribution >= 0.6 is 0 Å². The van der Waals surface area contributed by atoms with Crippen molar-refractivity contribution >= 4 is 5.97 Å². The number of carboxylic acid groups (broad SMARTS) is 1. The highest BCUT2D eigenvalue weighted by molar-refractivity contribution is 5.71. The molecule has 2 rings (SSSR count). The average Bonchev–Trinajstić information content (AvgIpc) is 2.41. The van der Waals surface area contributed by atoms with E-state index in [1.807, 2.05) is 0 Å². The first kappa shape index (κ1) is 7.10. The standard InChI is InChI=1S/C8H13NO2/c10-8(11)6-2-1-5-3-9-4-7(5)6/h5-7,9H,1-4H2,(H,10,11)/t5-,6-,7+/m0/s1. The Morgan fingerprint density at radius 2 is 2.18 bits per heavy atom. The molecule has 0 amide bonds. The summed E-state index contributed by atoms with van der Waals surface area (Å²) in [4.78, 5) is 10.7. The molecule has 1 aliphatic heterocycles. The quantitative estimate of drug-likeness (QED) is 0.573. The van der Waals surface area contributed by atoms with Gasteiger partial charge in [-0.3, -0.25) is 4.79 Å². The molecule has 3 heteroatoms. The van der Waals surface area contributed by atoms with E-state index < -0.39 is 5.97 Å². The lowest BCUT2D eigenvalue weighted by Gasteiger charge is -2.11. The molecular weight excluding hydrogens is 142 g/mol. The van der Waals surface area contributed by atoms with E-state index >= 15 is 0 Å². The van der Waals surface area contributed by atoms with Gasteiger partial charge < -0.3 is 10.4 Å². The van der Waals surface area contributed by atoms with Crippen LogP contribution in [0, 0.1) is 17.8 Å². The van der Waals surface area contributed by atoms with E-state index in [0.29, 0.717) is 11.8 Å². The van der Waals surface area contributed by atoms with Gasteiger partial charge in [0, 0.05) is 0 Å². The van der Waals surface area contributed by atoms with Gasteiger partial charge in [0.05, 0.1) is 5.92 Å². The first-order valence-corrected chi connectivity index (χ1v) is 4.22. The second kappa shape index (κ2) is 2.48. The summed E-state index contributed by atoms with van der Waals surface area (Å²) in [6, 6.07) is 0. The minimum atomic E-state index is -0.596. The van der Waals surface area contributed by atoms with Crippen LogP contribution < -0.4 is 5.32 Å². The Balaban J connectivity index is 2.08. The molecule has 0 bridgehead atoms. The monoisotopic (exact) mass is 155 g/mol. The molecule has 11 heavy (non-hydrogen) atoms. The zero-order valence-corrected chi connectivity index (χ0v) is 6.42. The van der Waals surface area contributed by atoms with Crippen LogP contribution in [-0.2, 0) is 4.79 Å². The van der Waals surface area contributed by atoms with Crippen LogP contribution in [0.4, 0.5) is 0 Å². The Hall–Kier alpha value is -0.570. The Morgan fingerprint density at radius 1 is 1.36 bits per heavy atom. The molecule has 1 saturated heterocycles. The maximum Gasteiger partial charge on any atom is 0.306 e. The fourth-order valence-corrected chi connectivity index (χ4v) is 2.45. The molecule has 2 N–H and O–H groups in total. The van der Waals surface area contributed by atoms with Gasteiger partial charge in [0.25, 0.3) is 0 Å². The molecule has 0 unspecified atom stereocenters. The van der Waals surface area contributed by atoms with E-state index in [1.54, 1.807) is 0 Å². The number of aliphatic carboxylic acids is 1. The van der Waals surface area contributed by atoms with Crippen LogP contribution in [-0.4, -0.2) is 24.2 Å². The molecule has 3 nitrogen and oxygen atoms in total. The highest BCUT2D eigenvalue weighted by atomic mass is 16.4. The van der Waals surface area contributed by atoms with Gasteiger partial charge in [-0.05, 0) is 37.8 Å². The number of carboxylic acids is 1. The van der Waals surface area contributed by atoms with Crippen LogP contribution in [0.25, 0.3) is 0 Å². The second-order valence-electron chi connectivity index (χ2n) is 3.60. The van der Waals surface area contributed by atoms with Crippen molar-refractivity contribution in [3.05, 3.63) is 0 Å². The molecule has 62 valence electrons. The molecule has 1 aliphatic carbocycles. The highest BCUT2D eigenvalue weighted by Crippen LogP contribution is 2.39. The first-order valence-electron chi connectivity index (χ1n) is 4.22. The fraction of sp³-hybridized carbons (Fsp3) is 0.875. The fourth-order valence-electron chi connectivity index (χ4n) is 2.45. The van der Waals surface area contributed by atoms with Crippen LogP contribution in [0.5, 0.6) is 0 Å². The molecule has 2 fully saturated rings. The van der Waals surface area contributed by atoms with E-state index in [1.165, 1.54) is 0 Å². The topological polar surface area (TPSA) is 49.3 Å². The Morgan fingerprint density at radius 3 is 2.91 bits per heavy atom. The molecular formula is C8H13NO2. The smallest absolute Gasteiger partial charge is 0.306 e. The maximum absolute atomic E-state index is 10.7. The van der Waals surface area contributed by atoms with Crippen molar-refractivity contribution in [2.24, 2.45) is 17.8 Å². The van der Waals surface area contributed by atoms with Gasteiger partial charge in [0.2, 0.25) is 0 Å². The van der Waals surface area contributed by atoms with E-state index in [0.717, 1.165) is 25.9 Å². The van der Waals surface area contributed by atoms with Crippen LogP contribution in [0.3, 0.4) is 0 Å². The average molecular weight is 155 g/mol. The third kappa shape index (κ3) is 1.03. The Kier molecular flexibility index (Phi) is 1.60. The van der Waals surface area contributed by atoms with Gasteiger partial charge in [-0.2, -0.15) is 0 Å². The Labute approximate surface area is 65.8 Å². The molecule has 2 aliphatic rings. The zero-order chi connectivity index (χ0) is 7.84. The van der Waals surface area contributed by atoms with Crippen molar-refractivity contribution in [2.75, 3.05) is 13.1 Å². The maximum atomic E-state index is 10.7. The number of carbonyl (C=O) groups is 1. The van der Waals surface area contributed by atoms with E-state index in [2.05, 4.69) is 5.32 Å². The predicted molar refractivity (Wildman–Crippen MR) is 40.2 cm³/mol. The Bertz CT molecular complexity index is 181. The minimum Gasteiger partial charge on any atom is -0.481 e. The van der Waals surface area contributed by atoms with Gasteiger partial charge >= 0.3 is 5.97 Å². The molecule has 0 spiro atoms. The summed E-state index contributed by atoms with van der Waals surface area (Å²) in [6.07, 6.45) is 2.00. The molecule has 3 atom stereocenters. The van der Waals surface area contributed by atoms with Crippen molar-refractivity contribution in [2.45, 2.75) is 12.8 Å². The molecule has 0 aromatic heterocycles. The van der Waals surface area contributed by atoms with Gasteiger partial charge in [-0.1, -0.05) is 0 Å². The van der Waals surface area contributed by atoms with Gasteiger partial charge in [-0.15, -0.1) is 0 Å². The summed E-state index contributed by atoms with van der Waals surface area (Å²) in [5.41, 5.74) is 0. The predicted octanol–water partition coefficient (Wildman–Crippen LogP) is 0.317. The number of hydrogen-bond donors (Lipinski definition) is 2. The normalized spacial score (nSPS) is 42.4. The lowest BCUT2D eigenvalue weighted by Crippen LogP contribution is -2.22. The number of rotatable bonds is 1. The number of nitrogens with one attached hydrogen (secondary N) is 1. The summed E-state index contributed by atoms with van der Waals surface area (Å²) < 4.78 is 0. The molecule has 1 heterocycles. The lowest BCUT2D eigenvalue weighted by atomic mass is 9.93. The molecule has 0 radical (unpaired) electrons. The highest BCUT2D eigenvalue weighted by Gasteiger charge is 2.42. The van der Waals surface area contributed by atoms with Crippen LogP contribution in [0.15, 0.2) is 0 Å².